The van der Waals surface area contributed by atoms with Crippen molar-refractivity contribution in [3.05, 3.63) is 58.6 Å². The molecule has 0 atom stereocenters. The molecule has 0 N–H and O–H groups in total. The molecule has 0 bridgehead atoms. The van der Waals surface area contributed by atoms with Crippen LogP contribution in [-0.2, 0) is 0 Å². The minimum Gasteiger partial charge on any atom is -0.298 e. The zero-order valence-corrected chi connectivity index (χ0v) is 9.57. The van der Waals surface area contributed by atoms with E-state index in [1.165, 1.54) is 0 Å². The van der Waals surface area contributed by atoms with Gasteiger partial charge in [0.25, 0.3) is 0 Å². The first-order chi connectivity index (χ1) is 7.33. The van der Waals surface area contributed by atoms with Gasteiger partial charge >= 0.3 is 0 Å². The number of hydrogen-bond donors (Lipinski definition) is 0. The Morgan fingerprint density at radius 2 is 1.47 bits per heavy atom. The van der Waals surface area contributed by atoms with Gasteiger partial charge in [0.15, 0.2) is 6.29 Å². The monoisotopic (exact) mass is 260 g/mol. The van der Waals surface area contributed by atoms with E-state index in [0.717, 1.165) is 21.9 Å². The van der Waals surface area contributed by atoms with Crippen LogP contribution in [0.4, 0.5) is 0 Å². The Bertz CT molecular complexity index is 491. The Labute approximate surface area is 96.9 Å². The van der Waals surface area contributed by atoms with Crippen LogP contribution in [0, 0.1) is 0 Å². The Morgan fingerprint density at radius 1 is 0.867 bits per heavy atom. The summed E-state index contributed by atoms with van der Waals surface area (Å²) in [6.45, 7) is 0. The first-order valence-electron chi connectivity index (χ1n) is 4.62. The van der Waals surface area contributed by atoms with Crippen molar-refractivity contribution in [3.8, 4) is 11.1 Å². The highest BCUT2D eigenvalue weighted by Crippen LogP contribution is 2.29. The van der Waals surface area contributed by atoms with Gasteiger partial charge in [0.05, 0.1) is 0 Å². The van der Waals surface area contributed by atoms with Gasteiger partial charge < -0.3 is 0 Å². The third-order valence-electron chi connectivity index (χ3n) is 2.25. The quantitative estimate of drug-likeness (QED) is 0.748. The molecular weight excluding hydrogens is 252 g/mol. The van der Waals surface area contributed by atoms with E-state index in [-0.39, 0.29) is 0 Å². The van der Waals surface area contributed by atoms with Crippen LogP contribution in [-0.4, -0.2) is 6.29 Å². The number of benzene rings is 2. The molecule has 74 valence electrons. The third-order valence-corrected chi connectivity index (χ3v) is 2.94. The summed E-state index contributed by atoms with van der Waals surface area (Å²) in [5.74, 6) is 0. The second kappa shape index (κ2) is 4.41. The van der Waals surface area contributed by atoms with Crippen molar-refractivity contribution < 1.29 is 4.79 Å². The van der Waals surface area contributed by atoms with Crippen LogP contribution in [0.3, 0.4) is 0 Å². The minimum absolute atomic E-state index is 0.712. The molecule has 2 aromatic rings. The van der Waals surface area contributed by atoms with Gasteiger partial charge in [-0.1, -0.05) is 58.4 Å². The van der Waals surface area contributed by atoms with E-state index in [1.54, 1.807) is 0 Å². The van der Waals surface area contributed by atoms with Gasteiger partial charge in [-0.3, -0.25) is 4.79 Å². The summed E-state index contributed by atoms with van der Waals surface area (Å²) in [5.41, 5.74) is 2.71. The van der Waals surface area contributed by atoms with E-state index in [0.29, 0.717) is 5.56 Å². The Kier molecular flexibility index (Phi) is 2.97. The van der Waals surface area contributed by atoms with Crippen molar-refractivity contribution in [1.29, 1.82) is 0 Å². The molecule has 0 aliphatic carbocycles. The first kappa shape index (κ1) is 10.1. The van der Waals surface area contributed by atoms with E-state index in [9.17, 15) is 4.79 Å². The van der Waals surface area contributed by atoms with Crippen LogP contribution in [0.5, 0.6) is 0 Å². The molecule has 0 fully saturated rings. The van der Waals surface area contributed by atoms with Crippen LogP contribution in [0.2, 0.25) is 0 Å². The summed E-state index contributed by atoms with van der Waals surface area (Å²) in [5, 5.41) is 0. The molecule has 15 heavy (non-hydrogen) atoms. The normalized spacial score (nSPS) is 9.93. The standard InChI is InChI=1S/C13H9BrO/c14-13-8-4-3-7-12(13)11-6-2-1-5-10(11)9-15/h1-9H. The lowest BCUT2D eigenvalue weighted by Crippen LogP contribution is -1.87. The molecule has 1 nitrogen and oxygen atoms in total. The summed E-state index contributed by atoms with van der Waals surface area (Å²) < 4.78 is 0.999. The molecule has 0 radical (unpaired) electrons. The summed E-state index contributed by atoms with van der Waals surface area (Å²) in [6.07, 6.45) is 0.884. The van der Waals surface area contributed by atoms with Crippen LogP contribution in [0.1, 0.15) is 10.4 Å². The van der Waals surface area contributed by atoms with Crippen molar-refractivity contribution in [2.45, 2.75) is 0 Å². The van der Waals surface area contributed by atoms with Crippen molar-refractivity contribution in [3.63, 3.8) is 0 Å². The van der Waals surface area contributed by atoms with Crippen LogP contribution in [0.25, 0.3) is 11.1 Å². The molecule has 0 aliphatic rings. The van der Waals surface area contributed by atoms with Crippen LogP contribution >= 0.6 is 15.9 Å². The summed E-state index contributed by atoms with van der Waals surface area (Å²) in [7, 11) is 0. The molecular formula is C13H9BrO. The second-order valence-electron chi connectivity index (χ2n) is 3.18. The maximum Gasteiger partial charge on any atom is 0.150 e. The van der Waals surface area contributed by atoms with Gasteiger partial charge in [0.1, 0.15) is 0 Å². The smallest absolute Gasteiger partial charge is 0.150 e. The highest BCUT2D eigenvalue weighted by atomic mass is 79.9. The lowest BCUT2D eigenvalue weighted by Gasteiger charge is -2.06. The van der Waals surface area contributed by atoms with Crippen molar-refractivity contribution in [2.24, 2.45) is 0 Å². The minimum atomic E-state index is 0.712. The van der Waals surface area contributed by atoms with E-state index in [1.807, 2.05) is 48.5 Å². The Morgan fingerprint density at radius 3 is 2.13 bits per heavy atom. The zero-order valence-electron chi connectivity index (χ0n) is 7.98. The zero-order chi connectivity index (χ0) is 10.7. The maximum absolute atomic E-state index is 10.9. The van der Waals surface area contributed by atoms with Gasteiger partial charge in [-0.2, -0.15) is 0 Å². The number of halogens is 1. The van der Waals surface area contributed by atoms with Gasteiger partial charge in [-0.05, 0) is 17.2 Å². The average Bonchev–Trinajstić information content (AvgIpc) is 2.30. The molecule has 0 spiro atoms. The average molecular weight is 261 g/mol. The number of rotatable bonds is 2. The van der Waals surface area contributed by atoms with Crippen LogP contribution < -0.4 is 0 Å². The lowest BCUT2D eigenvalue weighted by atomic mass is 10.0. The largest absolute Gasteiger partial charge is 0.298 e. The lowest BCUT2D eigenvalue weighted by molar-refractivity contribution is 0.112. The fraction of sp³-hybridized carbons (Fsp3) is 0. The van der Waals surface area contributed by atoms with Gasteiger partial charge in [0, 0.05) is 10.0 Å². The molecule has 0 saturated carbocycles. The van der Waals surface area contributed by atoms with E-state index in [4.69, 9.17) is 0 Å². The molecule has 0 amide bonds. The highest BCUT2D eigenvalue weighted by molar-refractivity contribution is 9.10. The maximum atomic E-state index is 10.9. The van der Waals surface area contributed by atoms with E-state index in [2.05, 4.69) is 15.9 Å². The number of hydrogen-bond acceptors (Lipinski definition) is 1. The second-order valence-corrected chi connectivity index (χ2v) is 4.04. The summed E-state index contributed by atoms with van der Waals surface area (Å²) in [4.78, 5) is 10.9. The van der Waals surface area contributed by atoms with Crippen molar-refractivity contribution in [1.82, 2.24) is 0 Å². The Balaban J connectivity index is 2.64. The predicted molar refractivity (Wildman–Crippen MR) is 65.0 cm³/mol. The number of carbonyl (C=O) groups is 1. The summed E-state index contributed by atoms with van der Waals surface area (Å²) in [6, 6.07) is 15.4. The van der Waals surface area contributed by atoms with Gasteiger partial charge in [0.2, 0.25) is 0 Å². The number of aldehydes is 1. The van der Waals surface area contributed by atoms with Gasteiger partial charge in [-0.15, -0.1) is 0 Å². The molecule has 0 saturated heterocycles. The fourth-order valence-electron chi connectivity index (χ4n) is 1.52. The fourth-order valence-corrected chi connectivity index (χ4v) is 2.02. The molecule has 0 heterocycles. The molecule has 2 aromatic carbocycles. The molecule has 0 aromatic heterocycles. The third kappa shape index (κ3) is 2.00. The van der Waals surface area contributed by atoms with E-state index >= 15 is 0 Å². The first-order valence-corrected chi connectivity index (χ1v) is 5.41. The van der Waals surface area contributed by atoms with Crippen molar-refractivity contribution in [2.75, 3.05) is 0 Å². The molecule has 0 unspecified atom stereocenters. The predicted octanol–water partition coefficient (Wildman–Crippen LogP) is 3.93. The van der Waals surface area contributed by atoms with Crippen LogP contribution in [0.15, 0.2) is 53.0 Å². The topological polar surface area (TPSA) is 17.1 Å². The Hall–Kier alpha value is -1.41. The van der Waals surface area contributed by atoms with Crippen molar-refractivity contribution >= 4 is 22.2 Å². The molecule has 2 heteroatoms. The highest BCUT2D eigenvalue weighted by Gasteiger charge is 2.05. The van der Waals surface area contributed by atoms with Gasteiger partial charge in [-0.25, -0.2) is 0 Å². The SMILES string of the molecule is O=Cc1ccccc1-c1ccccc1Br. The molecule has 2 rings (SSSR count). The summed E-state index contributed by atoms with van der Waals surface area (Å²) >= 11 is 3.48. The van der Waals surface area contributed by atoms with E-state index < -0.39 is 0 Å². The number of carbonyl (C=O) groups excluding carboxylic acids is 1. The molecule has 0 aliphatic heterocycles.